The summed E-state index contributed by atoms with van der Waals surface area (Å²) in [5.74, 6) is 0.652. The van der Waals surface area contributed by atoms with Crippen LogP contribution in [0.3, 0.4) is 0 Å². The van der Waals surface area contributed by atoms with Crippen LogP contribution in [0.15, 0.2) is 18.2 Å². The molecule has 0 unspecified atom stereocenters. The fraction of sp³-hybridized carbons (Fsp3) is 0.455. The zero-order valence-electron chi connectivity index (χ0n) is 9.31. The molecule has 0 aliphatic rings. The summed E-state index contributed by atoms with van der Waals surface area (Å²) in [5.41, 5.74) is 6.64. The van der Waals surface area contributed by atoms with Crippen LogP contribution < -0.4 is 10.5 Å². The number of aliphatic hydroxyl groups excluding tert-OH is 1. The lowest BCUT2D eigenvalue weighted by atomic mass is 10.00. The van der Waals surface area contributed by atoms with Crippen LogP contribution in [-0.4, -0.2) is 18.3 Å². The number of hydrogen-bond donors (Lipinski definition) is 2. The molecule has 16 heavy (non-hydrogen) atoms. The molecule has 0 amide bonds. The van der Waals surface area contributed by atoms with E-state index in [0.717, 1.165) is 5.56 Å². The van der Waals surface area contributed by atoms with Gasteiger partial charge in [0.15, 0.2) is 0 Å². The molecule has 5 heteroatoms. The van der Waals surface area contributed by atoms with Crippen LogP contribution in [0.2, 0.25) is 5.02 Å². The fourth-order valence-corrected chi connectivity index (χ4v) is 1.61. The number of hydrogen-bond acceptors (Lipinski definition) is 3. The number of methoxy groups -OCH3 is 1. The molecular formula is C11H17Cl2NO2. The first-order valence-corrected chi connectivity index (χ1v) is 5.25. The number of benzene rings is 1. The minimum Gasteiger partial charge on any atom is -0.496 e. The van der Waals surface area contributed by atoms with Gasteiger partial charge in [0.1, 0.15) is 5.75 Å². The fourth-order valence-electron chi connectivity index (χ4n) is 1.43. The van der Waals surface area contributed by atoms with E-state index in [0.29, 0.717) is 17.2 Å². The first-order valence-electron chi connectivity index (χ1n) is 4.87. The summed E-state index contributed by atoms with van der Waals surface area (Å²) in [7, 11) is 1.57. The van der Waals surface area contributed by atoms with Gasteiger partial charge in [0.25, 0.3) is 0 Å². The second-order valence-electron chi connectivity index (χ2n) is 3.39. The van der Waals surface area contributed by atoms with E-state index >= 15 is 0 Å². The van der Waals surface area contributed by atoms with Crippen molar-refractivity contribution in [3.05, 3.63) is 28.8 Å². The van der Waals surface area contributed by atoms with Crippen LogP contribution >= 0.6 is 24.0 Å². The number of aliphatic hydroxyl groups is 1. The van der Waals surface area contributed by atoms with Crippen molar-refractivity contribution >= 4 is 24.0 Å². The van der Waals surface area contributed by atoms with Gasteiger partial charge in [-0.1, -0.05) is 18.5 Å². The summed E-state index contributed by atoms with van der Waals surface area (Å²) in [6.07, 6.45) is 0.00831. The average molecular weight is 266 g/mol. The molecular weight excluding hydrogens is 249 g/mol. The van der Waals surface area contributed by atoms with Crippen molar-refractivity contribution < 1.29 is 9.84 Å². The SMILES string of the molecule is CC[C@H](O)[C@H](N)c1cc(Cl)ccc1OC.Cl. The molecule has 92 valence electrons. The van der Waals surface area contributed by atoms with E-state index < -0.39 is 12.1 Å². The third-order valence-corrected chi connectivity index (χ3v) is 2.62. The normalized spacial score (nSPS) is 13.8. The van der Waals surface area contributed by atoms with Crippen LogP contribution in [0, 0.1) is 0 Å². The Labute approximate surface area is 107 Å². The Kier molecular flexibility index (Phi) is 6.76. The quantitative estimate of drug-likeness (QED) is 0.880. The Balaban J connectivity index is 0.00000225. The molecule has 1 aromatic rings. The molecule has 0 fully saturated rings. The summed E-state index contributed by atoms with van der Waals surface area (Å²) in [4.78, 5) is 0. The Hall–Kier alpha value is -0.480. The van der Waals surface area contributed by atoms with E-state index in [1.807, 2.05) is 6.92 Å². The molecule has 1 rings (SSSR count). The third-order valence-electron chi connectivity index (χ3n) is 2.38. The Morgan fingerprint density at radius 3 is 2.62 bits per heavy atom. The lowest BCUT2D eigenvalue weighted by Gasteiger charge is -2.20. The Morgan fingerprint density at radius 1 is 1.50 bits per heavy atom. The van der Waals surface area contributed by atoms with E-state index in [1.165, 1.54) is 0 Å². The third kappa shape index (κ3) is 3.52. The molecule has 0 heterocycles. The smallest absolute Gasteiger partial charge is 0.123 e. The molecule has 3 N–H and O–H groups in total. The molecule has 0 aliphatic heterocycles. The lowest BCUT2D eigenvalue weighted by molar-refractivity contribution is 0.139. The van der Waals surface area contributed by atoms with Crippen LogP contribution in [0.4, 0.5) is 0 Å². The predicted molar refractivity (Wildman–Crippen MR) is 68.5 cm³/mol. The van der Waals surface area contributed by atoms with Gasteiger partial charge in [0.2, 0.25) is 0 Å². The number of halogens is 2. The topological polar surface area (TPSA) is 55.5 Å². The van der Waals surface area contributed by atoms with E-state index in [-0.39, 0.29) is 12.4 Å². The first kappa shape index (κ1) is 15.5. The highest BCUT2D eigenvalue weighted by atomic mass is 35.5. The van der Waals surface area contributed by atoms with Gasteiger partial charge < -0.3 is 15.6 Å². The van der Waals surface area contributed by atoms with Gasteiger partial charge in [-0.25, -0.2) is 0 Å². The average Bonchev–Trinajstić information content (AvgIpc) is 2.27. The van der Waals surface area contributed by atoms with Gasteiger partial charge in [0, 0.05) is 10.6 Å². The summed E-state index contributed by atoms with van der Waals surface area (Å²) >= 11 is 5.87. The summed E-state index contributed by atoms with van der Waals surface area (Å²) < 4.78 is 5.17. The molecule has 1 aromatic carbocycles. The zero-order valence-corrected chi connectivity index (χ0v) is 10.9. The molecule has 0 saturated carbocycles. The van der Waals surface area contributed by atoms with Crippen molar-refractivity contribution in [1.29, 1.82) is 0 Å². The van der Waals surface area contributed by atoms with Crippen LogP contribution in [0.25, 0.3) is 0 Å². The largest absolute Gasteiger partial charge is 0.496 e. The summed E-state index contributed by atoms with van der Waals surface area (Å²) in [6, 6.07) is 4.74. The van der Waals surface area contributed by atoms with E-state index in [4.69, 9.17) is 22.1 Å². The van der Waals surface area contributed by atoms with Crippen molar-refractivity contribution in [1.82, 2.24) is 0 Å². The van der Waals surface area contributed by atoms with E-state index in [9.17, 15) is 5.11 Å². The highest BCUT2D eigenvalue weighted by Gasteiger charge is 2.19. The standard InChI is InChI=1S/C11H16ClNO2.ClH/c1-3-9(14)11(13)8-6-7(12)4-5-10(8)15-2;/h4-6,9,11,14H,3,13H2,1-2H3;1H/t9-,11+;/m0./s1. The van der Waals surface area contributed by atoms with Crippen LogP contribution in [0.1, 0.15) is 24.9 Å². The Bertz CT molecular complexity index is 334. The maximum absolute atomic E-state index is 9.67. The molecule has 0 saturated heterocycles. The molecule has 0 aliphatic carbocycles. The molecule has 0 aromatic heterocycles. The van der Waals surface area contributed by atoms with Crippen molar-refractivity contribution in [2.75, 3.05) is 7.11 Å². The van der Waals surface area contributed by atoms with E-state index in [1.54, 1.807) is 25.3 Å². The summed E-state index contributed by atoms with van der Waals surface area (Å²) in [5, 5.41) is 10.3. The maximum Gasteiger partial charge on any atom is 0.123 e. The van der Waals surface area contributed by atoms with Gasteiger partial charge in [-0.2, -0.15) is 0 Å². The maximum atomic E-state index is 9.67. The van der Waals surface area contributed by atoms with Crippen molar-refractivity contribution in [3.63, 3.8) is 0 Å². The van der Waals surface area contributed by atoms with Gasteiger partial charge in [0.05, 0.1) is 19.3 Å². The predicted octanol–water partition coefficient (Wildman–Crippen LogP) is 2.54. The van der Waals surface area contributed by atoms with Gasteiger partial charge in [-0.15, -0.1) is 12.4 Å². The molecule has 0 bridgehead atoms. The minimum absolute atomic E-state index is 0. The zero-order chi connectivity index (χ0) is 11.4. The second kappa shape index (κ2) is 6.97. The van der Waals surface area contributed by atoms with Crippen molar-refractivity contribution in [2.24, 2.45) is 5.73 Å². The summed E-state index contributed by atoms with van der Waals surface area (Å²) in [6.45, 7) is 1.88. The first-order chi connectivity index (χ1) is 7.10. The van der Waals surface area contributed by atoms with Gasteiger partial charge in [-0.3, -0.25) is 0 Å². The lowest BCUT2D eigenvalue weighted by Crippen LogP contribution is -2.25. The molecule has 2 atom stereocenters. The highest BCUT2D eigenvalue weighted by Crippen LogP contribution is 2.29. The monoisotopic (exact) mass is 265 g/mol. The highest BCUT2D eigenvalue weighted by molar-refractivity contribution is 6.30. The van der Waals surface area contributed by atoms with Crippen molar-refractivity contribution in [2.45, 2.75) is 25.5 Å². The molecule has 0 spiro atoms. The Morgan fingerprint density at radius 2 is 2.12 bits per heavy atom. The number of ether oxygens (including phenoxy) is 1. The molecule has 3 nitrogen and oxygen atoms in total. The minimum atomic E-state index is -0.586. The number of rotatable bonds is 4. The number of nitrogens with two attached hydrogens (primary N) is 1. The van der Waals surface area contributed by atoms with E-state index in [2.05, 4.69) is 0 Å². The van der Waals surface area contributed by atoms with Gasteiger partial charge in [-0.05, 0) is 24.6 Å². The van der Waals surface area contributed by atoms with Crippen LogP contribution in [-0.2, 0) is 0 Å². The second-order valence-corrected chi connectivity index (χ2v) is 3.82. The van der Waals surface area contributed by atoms with Crippen molar-refractivity contribution in [3.8, 4) is 5.75 Å². The van der Waals surface area contributed by atoms with Gasteiger partial charge >= 0.3 is 0 Å². The molecule has 0 radical (unpaired) electrons. The van der Waals surface area contributed by atoms with Crippen LogP contribution in [0.5, 0.6) is 5.75 Å².